The molecular formula is C11H16N4O3. The number of nitrogens with two attached hydrogens (primary N) is 1. The SMILES string of the molecule is NC1(COc2ncc([N+](=O)[O-])cn2)CCCCC1. The Balaban J connectivity index is 1.91. The van der Waals surface area contributed by atoms with E-state index in [-0.39, 0.29) is 17.2 Å². The van der Waals surface area contributed by atoms with Gasteiger partial charge in [0.25, 0.3) is 0 Å². The van der Waals surface area contributed by atoms with Gasteiger partial charge in [-0.2, -0.15) is 9.97 Å². The van der Waals surface area contributed by atoms with Gasteiger partial charge in [-0.05, 0) is 12.8 Å². The summed E-state index contributed by atoms with van der Waals surface area (Å²) in [5.74, 6) is 0. The molecule has 0 saturated heterocycles. The maximum Gasteiger partial charge on any atom is 0.316 e. The summed E-state index contributed by atoms with van der Waals surface area (Å²) in [6, 6.07) is 0.135. The molecule has 1 heterocycles. The van der Waals surface area contributed by atoms with Crippen LogP contribution in [0.3, 0.4) is 0 Å². The van der Waals surface area contributed by atoms with E-state index in [0.29, 0.717) is 6.61 Å². The lowest BCUT2D eigenvalue weighted by atomic mass is 9.83. The van der Waals surface area contributed by atoms with E-state index in [1.807, 2.05) is 0 Å². The van der Waals surface area contributed by atoms with Crippen LogP contribution in [0, 0.1) is 10.1 Å². The summed E-state index contributed by atoms with van der Waals surface area (Å²) in [6.45, 7) is 0.352. The monoisotopic (exact) mass is 252 g/mol. The van der Waals surface area contributed by atoms with Gasteiger partial charge in [-0.25, -0.2) is 0 Å². The number of aromatic nitrogens is 2. The number of ether oxygens (including phenoxy) is 1. The largest absolute Gasteiger partial charge is 0.462 e. The smallest absolute Gasteiger partial charge is 0.316 e. The van der Waals surface area contributed by atoms with Crippen LogP contribution in [0.1, 0.15) is 32.1 Å². The zero-order chi connectivity index (χ0) is 13.0. The summed E-state index contributed by atoms with van der Waals surface area (Å²) in [7, 11) is 0. The molecule has 1 aromatic heterocycles. The van der Waals surface area contributed by atoms with E-state index >= 15 is 0 Å². The molecule has 0 aliphatic heterocycles. The third-order valence-corrected chi connectivity index (χ3v) is 3.16. The Kier molecular flexibility index (Phi) is 3.71. The second-order valence-electron chi connectivity index (χ2n) is 4.69. The third-order valence-electron chi connectivity index (χ3n) is 3.16. The topological polar surface area (TPSA) is 104 Å². The fourth-order valence-corrected chi connectivity index (χ4v) is 2.09. The summed E-state index contributed by atoms with van der Waals surface area (Å²) in [6.07, 6.45) is 7.56. The lowest BCUT2D eigenvalue weighted by Crippen LogP contribution is -2.47. The standard InChI is InChI=1S/C11H16N4O3/c12-11(4-2-1-3-5-11)8-18-10-13-6-9(7-14-10)15(16)17/h6-7H,1-5,8,12H2. The molecule has 2 rings (SSSR count). The van der Waals surface area contributed by atoms with E-state index in [2.05, 4.69) is 9.97 Å². The zero-order valence-corrected chi connectivity index (χ0v) is 10.0. The maximum atomic E-state index is 10.4. The highest BCUT2D eigenvalue weighted by atomic mass is 16.6. The van der Waals surface area contributed by atoms with Gasteiger partial charge in [0.2, 0.25) is 0 Å². The van der Waals surface area contributed by atoms with Gasteiger partial charge in [0.05, 0.1) is 10.5 Å². The molecule has 98 valence electrons. The Morgan fingerprint density at radius 3 is 2.50 bits per heavy atom. The number of nitro groups is 1. The molecule has 0 unspecified atom stereocenters. The highest BCUT2D eigenvalue weighted by molar-refractivity contribution is 5.21. The van der Waals surface area contributed by atoms with E-state index in [0.717, 1.165) is 38.1 Å². The number of nitrogens with zero attached hydrogens (tertiary/aromatic N) is 3. The van der Waals surface area contributed by atoms with E-state index < -0.39 is 4.92 Å². The van der Waals surface area contributed by atoms with E-state index in [4.69, 9.17) is 10.5 Å². The van der Waals surface area contributed by atoms with Crippen LogP contribution >= 0.6 is 0 Å². The van der Waals surface area contributed by atoms with Gasteiger partial charge in [-0.3, -0.25) is 10.1 Å². The maximum absolute atomic E-state index is 10.4. The number of rotatable bonds is 4. The van der Waals surface area contributed by atoms with Crippen molar-refractivity contribution in [3.8, 4) is 6.01 Å². The van der Waals surface area contributed by atoms with Crippen LogP contribution in [-0.4, -0.2) is 27.0 Å². The highest BCUT2D eigenvalue weighted by Crippen LogP contribution is 2.26. The van der Waals surface area contributed by atoms with Gasteiger partial charge in [0.1, 0.15) is 19.0 Å². The first-order chi connectivity index (χ1) is 8.59. The number of hydrogen-bond acceptors (Lipinski definition) is 6. The molecule has 7 heteroatoms. The van der Waals surface area contributed by atoms with Crippen LogP contribution < -0.4 is 10.5 Å². The summed E-state index contributed by atoms with van der Waals surface area (Å²) in [5, 5.41) is 10.4. The molecule has 18 heavy (non-hydrogen) atoms. The molecule has 0 bridgehead atoms. The van der Waals surface area contributed by atoms with Crippen LogP contribution in [-0.2, 0) is 0 Å². The Bertz CT molecular complexity index is 415. The minimum absolute atomic E-state index is 0.135. The lowest BCUT2D eigenvalue weighted by molar-refractivity contribution is -0.385. The second-order valence-corrected chi connectivity index (χ2v) is 4.69. The van der Waals surface area contributed by atoms with Crippen molar-refractivity contribution in [3.05, 3.63) is 22.5 Å². The van der Waals surface area contributed by atoms with Gasteiger partial charge in [-0.15, -0.1) is 0 Å². The first kappa shape index (κ1) is 12.7. The van der Waals surface area contributed by atoms with Gasteiger partial charge >= 0.3 is 11.7 Å². The molecule has 1 aromatic rings. The Morgan fingerprint density at radius 2 is 1.94 bits per heavy atom. The Labute approximate surface area is 105 Å². The average molecular weight is 252 g/mol. The molecule has 0 amide bonds. The van der Waals surface area contributed by atoms with Gasteiger partial charge in [0.15, 0.2) is 0 Å². The number of hydrogen-bond donors (Lipinski definition) is 1. The first-order valence-corrected chi connectivity index (χ1v) is 5.97. The zero-order valence-electron chi connectivity index (χ0n) is 10.0. The van der Waals surface area contributed by atoms with Crippen LogP contribution in [0.2, 0.25) is 0 Å². The van der Waals surface area contributed by atoms with Crippen molar-refractivity contribution in [1.29, 1.82) is 0 Å². The summed E-state index contributed by atoms with van der Waals surface area (Å²) >= 11 is 0. The Morgan fingerprint density at radius 1 is 1.33 bits per heavy atom. The van der Waals surface area contributed by atoms with Crippen molar-refractivity contribution in [2.24, 2.45) is 5.73 Å². The minimum Gasteiger partial charge on any atom is -0.462 e. The van der Waals surface area contributed by atoms with Gasteiger partial charge in [-0.1, -0.05) is 19.3 Å². The molecule has 0 atom stereocenters. The molecule has 7 nitrogen and oxygen atoms in total. The van der Waals surface area contributed by atoms with E-state index in [9.17, 15) is 10.1 Å². The van der Waals surface area contributed by atoms with Crippen LogP contribution in [0.5, 0.6) is 6.01 Å². The molecule has 1 fully saturated rings. The molecule has 0 spiro atoms. The average Bonchev–Trinajstić information content (AvgIpc) is 2.38. The van der Waals surface area contributed by atoms with E-state index in [1.54, 1.807) is 0 Å². The molecule has 1 aliphatic carbocycles. The summed E-state index contributed by atoms with van der Waals surface area (Å²) < 4.78 is 5.41. The van der Waals surface area contributed by atoms with Crippen molar-refractivity contribution in [2.45, 2.75) is 37.6 Å². The minimum atomic E-state index is -0.546. The van der Waals surface area contributed by atoms with Gasteiger partial charge < -0.3 is 10.5 Å². The fraction of sp³-hybridized carbons (Fsp3) is 0.636. The van der Waals surface area contributed by atoms with Crippen LogP contribution in [0.25, 0.3) is 0 Å². The quantitative estimate of drug-likeness (QED) is 0.642. The second kappa shape index (κ2) is 5.26. The molecule has 1 saturated carbocycles. The van der Waals surface area contributed by atoms with Crippen molar-refractivity contribution < 1.29 is 9.66 Å². The Hall–Kier alpha value is -1.76. The van der Waals surface area contributed by atoms with Gasteiger partial charge in [0, 0.05) is 0 Å². The van der Waals surface area contributed by atoms with Crippen molar-refractivity contribution in [3.63, 3.8) is 0 Å². The molecule has 2 N–H and O–H groups in total. The van der Waals surface area contributed by atoms with Crippen molar-refractivity contribution in [2.75, 3.05) is 6.61 Å². The molecule has 1 aliphatic rings. The van der Waals surface area contributed by atoms with Crippen LogP contribution in [0.15, 0.2) is 12.4 Å². The summed E-state index contributed by atoms with van der Waals surface area (Å²) in [4.78, 5) is 17.5. The molecular weight excluding hydrogens is 236 g/mol. The molecule has 0 aromatic carbocycles. The lowest BCUT2D eigenvalue weighted by Gasteiger charge is -2.32. The predicted molar refractivity (Wildman–Crippen MR) is 64.2 cm³/mol. The van der Waals surface area contributed by atoms with Crippen molar-refractivity contribution >= 4 is 5.69 Å². The van der Waals surface area contributed by atoms with E-state index in [1.165, 1.54) is 6.42 Å². The highest BCUT2D eigenvalue weighted by Gasteiger charge is 2.28. The van der Waals surface area contributed by atoms with Crippen molar-refractivity contribution in [1.82, 2.24) is 9.97 Å². The normalized spacial score (nSPS) is 18.3. The molecule has 0 radical (unpaired) electrons. The predicted octanol–water partition coefficient (Wildman–Crippen LogP) is 1.43. The van der Waals surface area contributed by atoms with Crippen LogP contribution in [0.4, 0.5) is 5.69 Å². The fourth-order valence-electron chi connectivity index (χ4n) is 2.09. The summed E-state index contributed by atoms with van der Waals surface area (Å²) in [5.41, 5.74) is 5.73. The first-order valence-electron chi connectivity index (χ1n) is 5.97. The third kappa shape index (κ3) is 3.13.